The Balaban J connectivity index is 2.04. The van der Waals surface area contributed by atoms with Gasteiger partial charge in [0.05, 0.1) is 13.0 Å². The van der Waals surface area contributed by atoms with Crippen molar-refractivity contribution < 1.29 is 13.9 Å². The van der Waals surface area contributed by atoms with Gasteiger partial charge in [0.15, 0.2) is 0 Å². The molecule has 0 amide bonds. The molecule has 0 saturated carbocycles. The molecule has 1 heterocycles. The van der Waals surface area contributed by atoms with Gasteiger partial charge in [-0.2, -0.15) is 0 Å². The second-order valence-corrected chi connectivity index (χ2v) is 5.23. The number of likely N-dealkylation sites (tertiary alicyclic amines) is 1. The summed E-state index contributed by atoms with van der Waals surface area (Å²) < 4.78 is 18.6. The fraction of sp³-hybridized carbons (Fsp3) is 0.533. The first-order valence-electron chi connectivity index (χ1n) is 6.91. The second kappa shape index (κ2) is 6.81. The highest BCUT2D eigenvalue weighted by molar-refractivity contribution is 5.72. The predicted molar refractivity (Wildman–Crippen MR) is 74.3 cm³/mol. The van der Waals surface area contributed by atoms with Crippen LogP contribution in [0.25, 0.3) is 0 Å². The van der Waals surface area contributed by atoms with E-state index in [2.05, 4.69) is 4.90 Å². The molecule has 0 aromatic heterocycles. The van der Waals surface area contributed by atoms with E-state index >= 15 is 0 Å². The number of methoxy groups -OCH3 is 1. The van der Waals surface area contributed by atoms with Crippen LogP contribution in [0, 0.1) is 11.7 Å². The number of esters is 1. The molecule has 0 bridgehead atoms. The van der Waals surface area contributed by atoms with Crippen LogP contribution in [-0.4, -0.2) is 31.1 Å². The number of carbonyl (C=O) groups is 1. The number of hydrogen-bond donors (Lipinski definition) is 1. The maximum absolute atomic E-state index is 13.8. The Kier molecular flexibility index (Phi) is 5.09. The summed E-state index contributed by atoms with van der Waals surface area (Å²) in [6.45, 7) is 2.41. The maximum Gasteiger partial charge on any atom is 0.309 e. The highest BCUT2D eigenvalue weighted by atomic mass is 19.1. The van der Waals surface area contributed by atoms with Crippen molar-refractivity contribution in [3.63, 3.8) is 0 Å². The molecule has 2 N–H and O–H groups in total. The summed E-state index contributed by atoms with van der Waals surface area (Å²) in [5, 5.41) is 0. The quantitative estimate of drug-likeness (QED) is 0.852. The van der Waals surface area contributed by atoms with Gasteiger partial charge in [-0.05, 0) is 31.0 Å². The Morgan fingerprint density at radius 1 is 1.55 bits per heavy atom. The van der Waals surface area contributed by atoms with E-state index in [1.165, 1.54) is 13.2 Å². The van der Waals surface area contributed by atoms with Crippen LogP contribution in [-0.2, 0) is 22.6 Å². The van der Waals surface area contributed by atoms with Crippen LogP contribution in [0.1, 0.15) is 24.0 Å². The van der Waals surface area contributed by atoms with E-state index in [9.17, 15) is 9.18 Å². The van der Waals surface area contributed by atoms with Gasteiger partial charge in [0.2, 0.25) is 0 Å². The third kappa shape index (κ3) is 3.55. The standard InChI is InChI=1S/C15H21FN2O2/c1-20-15(19)12-3-2-6-18(9-12)10-13-7-11(8-17)4-5-14(13)16/h4-5,7,12H,2-3,6,8-10,17H2,1H3. The van der Waals surface area contributed by atoms with Crippen LogP contribution in [0.15, 0.2) is 18.2 Å². The number of nitrogens with two attached hydrogens (primary N) is 1. The van der Waals surface area contributed by atoms with Crippen molar-refractivity contribution in [1.29, 1.82) is 0 Å². The molecule has 0 radical (unpaired) electrons. The largest absolute Gasteiger partial charge is 0.469 e. The first kappa shape index (κ1) is 14.9. The molecule has 1 unspecified atom stereocenters. The zero-order chi connectivity index (χ0) is 14.5. The van der Waals surface area contributed by atoms with Crippen molar-refractivity contribution in [3.05, 3.63) is 35.1 Å². The molecule has 1 fully saturated rings. The van der Waals surface area contributed by atoms with E-state index in [-0.39, 0.29) is 17.7 Å². The molecule has 1 aliphatic heterocycles. The molecule has 1 aliphatic rings. The SMILES string of the molecule is COC(=O)C1CCCN(Cc2cc(CN)ccc2F)C1. The summed E-state index contributed by atoms with van der Waals surface area (Å²) >= 11 is 0. The average molecular weight is 280 g/mol. The number of rotatable bonds is 4. The van der Waals surface area contributed by atoms with Crippen LogP contribution in [0.3, 0.4) is 0 Å². The van der Waals surface area contributed by atoms with Gasteiger partial charge >= 0.3 is 5.97 Å². The molecule has 20 heavy (non-hydrogen) atoms. The van der Waals surface area contributed by atoms with Crippen molar-refractivity contribution in [2.24, 2.45) is 11.7 Å². The number of carbonyl (C=O) groups excluding carboxylic acids is 1. The Hall–Kier alpha value is -1.46. The van der Waals surface area contributed by atoms with E-state index in [0.717, 1.165) is 24.9 Å². The molecule has 0 spiro atoms. The first-order chi connectivity index (χ1) is 9.63. The molecular formula is C15H21FN2O2. The van der Waals surface area contributed by atoms with Crippen molar-refractivity contribution in [3.8, 4) is 0 Å². The predicted octanol–water partition coefficient (Wildman–Crippen LogP) is 1.67. The number of nitrogens with zero attached hydrogens (tertiary/aromatic N) is 1. The van der Waals surface area contributed by atoms with Gasteiger partial charge < -0.3 is 10.5 Å². The minimum absolute atomic E-state index is 0.102. The van der Waals surface area contributed by atoms with Gasteiger partial charge in [0.1, 0.15) is 5.82 Å². The van der Waals surface area contributed by atoms with Gasteiger partial charge in [-0.1, -0.05) is 12.1 Å². The van der Waals surface area contributed by atoms with Gasteiger partial charge in [0.25, 0.3) is 0 Å². The van der Waals surface area contributed by atoms with Crippen LogP contribution < -0.4 is 5.73 Å². The lowest BCUT2D eigenvalue weighted by Crippen LogP contribution is -2.38. The number of hydrogen-bond acceptors (Lipinski definition) is 4. The molecule has 1 aromatic carbocycles. The van der Waals surface area contributed by atoms with E-state index in [0.29, 0.717) is 25.2 Å². The van der Waals surface area contributed by atoms with Crippen LogP contribution in [0.4, 0.5) is 4.39 Å². The topological polar surface area (TPSA) is 55.6 Å². The summed E-state index contributed by atoms with van der Waals surface area (Å²) in [5.74, 6) is -0.497. The Morgan fingerprint density at radius 2 is 2.35 bits per heavy atom. The molecule has 1 saturated heterocycles. The van der Waals surface area contributed by atoms with Gasteiger partial charge in [-0.3, -0.25) is 9.69 Å². The lowest BCUT2D eigenvalue weighted by molar-refractivity contribution is -0.147. The number of piperidine rings is 1. The van der Waals surface area contributed by atoms with Crippen molar-refractivity contribution >= 4 is 5.97 Å². The zero-order valence-corrected chi connectivity index (χ0v) is 11.8. The lowest BCUT2D eigenvalue weighted by atomic mass is 9.97. The molecule has 1 aromatic rings. The van der Waals surface area contributed by atoms with E-state index in [1.807, 2.05) is 0 Å². The summed E-state index contributed by atoms with van der Waals surface area (Å²) in [5.41, 5.74) is 7.14. The molecule has 110 valence electrons. The van der Waals surface area contributed by atoms with Crippen molar-refractivity contribution in [2.45, 2.75) is 25.9 Å². The zero-order valence-electron chi connectivity index (χ0n) is 11.8. The smallest absolute Gasteiger partial charge is 0.309 e. The Bertz CT molecular complexity index is 479. The minimum atomic E-state index is -0.220. The Labute approximate surface area is 118 Å². The van der Waals surface area contributed by atoms with Crippen LogP contribution in [0.2, 0.25) is 0 Å². The van der Waals surface area contributed by atoms with Crippen molar-refractivity contribution in [2.75, 3.05) is 20.2 Å². The lowest BCUT2D eigenvalue weighted by Gasteiger charge is -2.31. The summed E-state index contributed by atoms with van der Waals surface area (Å²) in [7, 11) is 1.41. The highest BCUT2D eigenvalue weighted by Crippen LogP contribution is 2.21. The third-order valence-corrected chi connectivity index (χ3v) is 3.78. The van der Waals surface area contributed by atoms with Crippen molar-refractivity contribution in [1.82, 2.24) is 4.90 Å². The molecule has 4 nitrogen and oxygen atoms in total. The second-order valence-electron chi connectivity index (χ2n) is 5.23. The Morgan fingerprint density at radius 3 is 3.05 bits per heavy atom. The average Bonchev–Trinajstić information content (AvgIpc) is 2.49. The van der Waals surface area contributed by atoms with E-state index < -0.39 is 0 Å². The van der Waals surface area contributed by atoms with E-state index in [1.54, 1.807) is 12.1 Å². The fourth-order valence-electron chi connectivity index (χ4n) is 2.68. The molecule has 2 rings (SSSR count). The number of benzene rings is 1. The fourth-order valence-corrected chi connectivity index (χ4v) is 2.68. The number of halogens is 1. The maximum atomic E-state index is 13.8. The van der Waals surface area contributed by atoms with Gasteiger partial charge in [0, 0.05) is 25.2 Å². The first-order valence-corrected chi connectivity index (χ1v) is 6.91. The molecule has 0 aliphatic carbocycles. The molecular weight excluding hydrogens is 259 g/mol. The van der Waals surface area contributed by atoms with Crippen LogP contribution >= 0.6 is 0 Å². The molecule has 5 heteroatoms. The van der Waals surface area contributed by atoms with Gasteiger partial charge in [-0.25, -0.2) is 4.39 Å². The normalized spacial score (nSPS) is 19.9. The molecule has 1 atom stereocenters. The summed E-state index contributed by atoms with van der Waals surface area (Å²) in [6, 6.07) is 4.96. The van der Waals surface area contributed by atoms with Crippen LogP contribution in [0.5, 0.6) is 0 Å². The minimum Gasteiger partial charge on any atom is -0.469 e. The monoisotopic (exact) mass is 280 g/mol. The van der Waals surface area contributed by atoms with Gasteiger partial charge in [-0.15, -0.1) is 0 Å². The van der Waals surface area contributed by atoms with E-state index in [4.69, 9.17) is 10.5 Å². The highest BCUT2D eigenvalue weighted by Gasteiger charge is 2.26. The number of ether oxygens (including phenoxy) is 1. The third-order valence-electron chi connectivity index (χ3n) is 3.78. The summed E-state index contributed by atoms with van der Waals surface area (Å²) in [4.78, 5) is 13.7. The summed E-state index contributed by atoms with van der Waals surface area (Å²) in [6.07, 6.45) is 1.77.